The van der Waals surface area contributed by atoms with Crippen LogP contribution in [0.5, 0.6) is 0 Å². The molecule has 5 nitrogen and oxygen atoms in total. The predicted octanol–water partition coefficient (Wildman–Crippen LogP) is 4.21. The van der Waals surface area contributed by atoms with Gasteiger partial charge < -0.3 is 15.5 Å². The van der Waals surface area contributed by atoms with Crippen LogP contribution in [-0.4, -0.2) is 44.0 Å². The van der Waals surface area contributed by atoms with Gasteiger partial charge in [-0.05, 0) is 42.3 Å². The van der Waals surface area contributed by atoms with E-state index in [0.29, 0.717) is 29.6 Å². The maximum absolute atomic E-state index is 13.4. The number of benzene rings is 2. The lowest BCUT2D eigenvalue weighted by molar-refractivity contribution is 0.0827. The first-order chi connectivity index (χ1) is 14.1. The number of nitrogens with one attached hydrogen (secondary N) is 2. The van der Waals surface area contributed by atoms with Crippen molar-refractivity contribution in [2.75, 3.05) is 27.2 Å². The minimum atomic E-state index is -0.347. The van der Waals surface area contributed by atoms with Gasteiger partial charge in [-0.2, -0.15) is 0 Å². The van der Waals surface area contributed by atoms with E-state index in [4.69, 9.17) is 11.6 Å². The average Bonchev–Trinajstić information content (AvgIpc) is 2.69. The predicted molar refractivity (Wildman–Crippen MR) is 122 cm³/mol. The SMILES string of the molecule is CCNC(=NCc1ccc(C(=O)N(C)C)cc1)NCC(C)(C)c1ccc(F)cc1Cl. The third-order valence-electron chi connectivity index (χ3n) is 4.73. The minimum absolute atomic E-state index is 0.0262. The van der Waals surface area contributed by atoms with Gasteiger partial charge in [0, 0.05) is 43.2 Å². The Hall–Kier alpha value is -2.60. The van der Waals surface area contributed by atoms with Crippen LogP contribution in [0.4, 0.5) is 4.39 Å². The van der Waals surface area contributed by atoms with Gasteiger partial charge in [0.1, 0.15) is 5.82 Å². The van der Waals surface area contributed by atoms with Crippen LogP contribution in [0.3, 0.4) is 0 Å². The molecule has 0 radical (unpaired) electrons. The molecule has 0 aromatic heterocycles. The van der Waals surface area contributed by atoms with Crippen LogP contribution >= 0.6 is 11.6 Å². The summed E-state index contributed by atoms with van der Waals surface area (Å²) < 4.78 is 13.4. The quantitative estimate of drug-likeness (QED) is 0.509. The second kappa shape index (κ2) is 10.4. The Morgan fingerprint density at radius 1 is 1.13 bits per heavy atom. The van der Waals surface area contributed by atoms with Gasteiger partial charge >= 0.3 is 0 Å². The van der Waals surface area contributed by atoms with Crippen LogP contribution in [0.15, 0.2) is 47.5 Å². The van der Waals surface area contributed by atoms with E-state index in [2.05, 4.69) is 15.6 Å². The fourth-order valence-corrected chi connectivity index (χ4v) is 3.38. The summed E-state index contributed by atoms with van der Waals surface area (Å²) in [6.45, 7) is 7.86. The highest BCUT2D eigenvalue weighted by Gasteiger charge is 2.24. The van der Waals surface area contributed by atoms with E-state index in [-0.39, 0.29) is 17.1 Å². The zero-order chi connectivity index (χ0) is 22.3. The van der Waals surface area contributed by atoms with Crippen molar-refractivity contribution in [1.29, 1.82) is 0 Å². The fraction of sp³-hybridized carbons (Fsp3) is 0.391. The molecule has 0 unspecified atom stereocenters. The van der Waals surface area contributed by atoms with Gasteiger partial charge in [-0.1, -0.05) is 43.6 Å². The highest BCUT2D eigenvalue weighted by molar-refractivity contribution is 6.31. The molecular formula is C23H30ClFN4O. The smallest absolute Gasteiger partial charge is 0.253 e. The molecule has 2 N–H and O–H groups in total. The molecular weight excluding hydrogens is 403 g/mol. The van der Waals surface area contributed by atoms with Gasteiger partial charge in [0.2, 0.25) is 0 Å². The van der Waals surface area contributed by atoms with Crippen molar-refractivity contribution in [2.45, 2.75) is 32.7 Å². The fourth-order valence-electron chi connectivity index (χ4n) is 2.96. The third-order valence-corrected chi connectivity index (χ3v) is 5.04. The van der Waals surface area contributed by atoms with E-state index in [0.717, 1.165) is 17.7 Å². The second-order valence-corrected chi connectivity index (χ2v) is 8.36. The number of guanidine groups is 1. The Kier molecular flexibility index (Phi) is 8.24. The van der Waals surface area contributed by atoms with E-state index >= 15 is 0 Å². The number of rotatable bonds is 7. The lowest BCUT2D eigenvalue weighted by Crippen LogP contribution is -2.43. The molecule has 0 aliphatic rings. The van der Waals surface area contributed by atoms with Crippen LogP contribution in [0.1, 0.15) is 42.3 Å². The summed E-state index contributed by atoms with van der Waals surface area (Å²) in [5.41, 5.74) is 2.20. The first-order valence-electron chi connectivity index (χ1n) is 9.92. The largest absolute Gasteiger partial charge is 0.357 e. The van der Waals surface area contributed by atoms with Gasteiger partial charge in [-0.15, -0.1) is 0 Å². The highest BCUT2D eigenvalue weighted by Crippen LogP contribution is 2.29. The number of amides is 1. The van der Waals surface area contributed by atoms with Crippen LogP contribution in [0.25, 0.3) is 0 Å². The molecule has 0 aliphatic heterocycles. The van der Waals surface area contributed by atoms with E-state index in [1.165, 1.54) is 12.1 Å². The third kappa shape index (κ3) is 6.46. The summed E-state index contributed by atoms with van der Waals surface area (Å²) >= 11 is 6.25. The molecule has 162 valence electrons. The van der Waals surface area contributed by atoms with Crippen molar-refractivity contribution in [3.05, 3.63) is 70.0 Å². The highest BCUT2D eigenvalue weighted by atomic mass is 35.5. The molecule has 0 fully saturated rings. The van der Waals surface area contributed by atoms with Crippen molar-refractivity contribution in [2.24, 2.45) is 4.99 Å². The molecule has 0 aliphatic carbocycles. The zero-order valence-electron chi connectivity index (χ0n) is 18.2. The maximum atomic E-state index is 13.4. The lowest BCUT2D eigenvalue weighted by atomic mass is 9.84. The summed E-state index contributed by atoms with van der Waals surface area (Å²) in [4.78, 5) is 18.2. The zero-order valence-corrected chi connectivity index (χ0v) is 19.0. The number of carbonyl (C=O) groups excluding carboxylic acids is 1. The average molecular weight is 433 g/mol. The molecule has 2 aromatic rings. The molecule has 0 atom stereocenters. The molecule has 0 saturated heterocycles. The van der Waals surface area contributed by atoms with Crippen molar-refractivity contribution in [3.63, 3.8) is 0 Å². The van der Waals surface area contributed by atoms with E-state index in [9.17, 15) is 9.18 Å². The molecule has 30 heavy (non-hydrogen) atoms. The van der Waals surface area contributed by atoms with Crippen molar-refractivity contribution >= 4 is 23.5 Å². The van der Waals surface area contributed by atoms with Crippen LogP contribution in [0, 0.1) is 5.82 Å². The first kappa shape index (κ1) is 23.7. The van der Waals surface area contributed by atoms with E-state index in [1.807, 2.05) is 45.0 Å². The van der Waals surface area contributed by atoms with Crippen molar-refractivity contribution < 1.29 is 9.18 Å². The summed E-state index contributed by atoms with van der Waals surface area (Å²) in [5, 5.41) is 6.99. The number of halogens is 2. The molecule has 2 aromatic carbocycles. The lowest BCUT2D eigenvalue weighted by Gasteiger charge is -2.27. The minimum Gasteiger partial charge on any atom is -0.357 e. The number of carbonyl (C=O) groups is 1. The van der Waals surface area contributed by atoms with E-state index in [1.54, 1.807) is 25.1 Å². The van der Waals surface area contributed by atoms with E-state index < -0.39 is 0 Å². The van der Waals surface area contributed by atoms with Crippen LogP contribution < -0.4 is 10.6 Å². The number of hydrogen-bond donors (Lipinski definition) is 2. The maximum Gasteiger partial charge on any atom is 0.253 e. The summed E-state index contributed by atoms with van der Waals surface area (Å²) in [5.74, 6) is 0.305. The summed E-state index contributed by atoms with van der Waals surface area (Å²) in [7, 11) is 3.46. The van der Waals surface area contributed by atoms with Crippen molar-refractivity contribution in [3.8, 4) is 0 Å². The van der Waals surface area contributed by atoms with Crippen LogP contribution in [-0.2, 0) is 12.0 Å². The Morgan fingerprint density at radius 3 is 2.37 bits per heavy atom. The molecule has 0 bridgehead atoms. The molecule has 2 rings (SSSR count). The Bertz CT molecular complexity index is 895. The van der Waals surface area contributed by atoms with Gasteiger partial charge in [0.05, 0.1) is 6.54 Å². The van der Waals surface area contributed by atoms with Gasteiger partial charge in [-0.25, -0.2) is 9.38 Å². The second-order valence-electron chi connectivity index (χ2n) is 7.95. The Labute approximate surface area is 183 Å². The molecule has 0 saturated carbocycles. The van der Waals surface area contributed by atoms with Crippen LogP contribution in [0.2, 0.25) is 5.02 Å². The number of hydrogen-bond acceptors (Lipinski definition) is 2. The summed E-state index contributed by atoms with van der Waals surface area (Å²) in [6, 6.07) is 11.9. The summed E-state index contributed by atoms with van der Waals surface area (Å²) in [6.07, 6.45) is 0. The van der Waals surface area contributed by atoms with Gasteiger partial charge in [0.15, 0.2) is 5.96 Å². The van der Waals surface area contributed by atoms with Gasteiger partial charge in [-0.3, -0.25) is 4.79 Å². The first-order valence-corrected chi connectivity index (χ1v) is 10.3. The monoisotopic (exact) mass is 432 g/mol. The van der Waals surface area contributed by atoms with Crippen molar-refractivity contribution in [1.82, 2.24) is 15.5 Å². The Morgan fingerprint density at radius 2 is 1.80 bits per heavy atom. The number of nitrogens with zero attached hydrogens (tertiary/aromatic N) is 2. The normalized spacial score (nSPS) is 11.9. The standard InChI is InChI=1S/C23H30ClFN4O/c1-6-26-22(27-14-16-7-9-17(10-8-16)21(30)29(4)5)28-15-23(2,3)19-12-11-18(25)13-20(19)24/h7-13H,6,14-15H2,1-5H3,(H2,26,27,28). The molecule has 0 heterocycles. The number of aliphatic imine (C=N–C) groups is 1. The molecule has 1 amide bonds. The topological polar surface area (TPSA) is 56.7 Å². The molecule has 0 spiro atoms. The molecule has 7 heteroatoms. The Balaban J connectivity index is 2.06. The van der Waals surface area contributed by atoms with Gasteiger partial charge in [0.25, 0.3) is 5.91 Å².